The first-order chi connectivity index (χ1) is 17.6. The highest BCUT2D eigenvalue weighted by atomic mass is 16.5. The van der Waals surface area contributed by atoms with E-state index in [2.05, 4.69) is 22.8 Å². The summed E-state index contributed by atoms with van der Waals surface area (Å²) in [6.07, 6.45) is 3.13. The third kappa shape index (κ3) is 5.96. The predicted molar refractivity (Wildman–Crippen MR) is 140 cm³/mol. The van der Waals surface area contributed by atoms with E-state index in [0.717, 1.165) is 36.0 Å². The molecule has 1 aliphatic heterocycles. The van der Waals surface area contributed by atoms with Crippen molar-refractivity contribution in [2.75, 3.05) is 13.7 Å². The van der Waals surface area contributed by atoms with Gasteiger partial charge < -0.3 is 25.4 Å². The smallest absolute Gasteiger partial charge is 0.246 e. The fourth-order valence-corrected chi connectivity index (χ4v) is 5.36. The lowest BCUT2D eigenvalue weighted by Gasteiger charge is -2.41. The first-order valence-corrected chi connectivity index (χ1v) is 12.9. The third-order valence-corrected chi connectivity index (χ3v) is 7.29. The van der Waals surface area contributed by atoms with E-state index < -0.39 is 23.4 Å². The van der Waals surface area contributed by atoms with E-state index in [-0.39, 0.29) is 36.8 Å². The molecular weight excluding hydrogens is 470 g/mol. The van der Waals surface area contributed by atoms with Crippen molar-refractivity contribution in [3.05, 3.63) is 64.7 Å². The molecule has 8 heteroatoms. The number of benzene rings is 2. The van der Waals surface area contributed by atoms with Crippen LogP contribution >= 0.6 is 0 Å². The number of rotatable bonds is 6. The monoisotopic (exact) mass is 507 g/mol. The molecule has 0 aromatic heterocycles. The second-order valence-corrected chi connectivity index (χ2v) is 11.1. The molecule has 37 heavy (non-hydrogen) atoms. The van der Waals surface area contributed by atoms with Crippen molar-refractivity contribution in [3.8, 4) is 5.75 Å². The summed E-state index contributed by atoms with van der Waals surface area (Å²) in [7, 11) is 1.42. The summed E-state index contributed by atoms with van der Waals surface area (Å²) >= 11 is 0. The number of amides is 3. The van der Waals surface area contributed by atoms with E-state index in [1.54, 1.807) is 17.0 Å². The zero-order valence-corrected chi connectivity index (χ0v) is 22.0. The average Bonchev–Trinajstić information content (AvgIpc) is 2.85. The zero-order chi connectivity index (χ0) is 26.7. The van der Waals surface area contributed by atoms with Gasteiger partial charge in [-0.05, 0) is 59.1 Å². The molecule has 1 aliphatic carbocycles. The molecule has 0 saturated carbocycles. The van der Waals surface area contributed by atoms with Crippen molar-refractivity contribution in [2.24, 2.45) is 5.41 Å². The Morgan fingerprint density at radius 3 is 2.59 bits per heavy atom. The summed E-state index contributed by atoms with van der Waals surface area (Å²) in [6, 6.07) is 11.5. The van der Waals surface area contributed by atoms with E-state index in [1.807, 2.05) is 39.0 Å². The van der Waals surface area contributed by atoms with Crippen LogP contribution in [0, 0.1) is 5.41 Å². The maximum atomic E-state index is 14.0. The van der Waals surface area contributed by atoms with Crippen LogP contribution in [-0.2, 0) is 38.5 Å². The number of nitrogens with zero attached hydrogens (tertiary/aromatic N) is 1. The summed E-state index contributed by atoms with van der Waals surface area (Å²) in [6.45, 7) is 5.62. The van der Waals surface area contributed by atoms with Gasteiger partial charge in [0.1, 0.15) is 24.4 Å². The van der Waals surface area contributed by atoms with Crippen molar-refractivity contribution < 1.29 is 24.2 Å². The standard InChI is InChI=1S/C29H37N3O5/c1-29(2,3)26(31-25(34)17-37-4)28(36)32-16-20-14-21(33)13-12-19(20)15-24(32)27(35)30-23-11-7-9-18-8-5-6-10-22(18)23/h5-6,8,10,12-14,23-24,26,33H,7,9,11,15-17H2,1-4H3,(H,30,35)(H,31,34)/t23?,24-,26+/m0/s1. The number of ether oxygens (including phenoxy) is 1. The molecule has 198 valence electrons. The van der Waals surface area contributed by atoms with Gasteiger partial charge in [-0.15, -0.1) is 0 Å². The van der Waals surface area contributed by atoms with E-state index in [9.17, 15) is 19.5 Å². The maximum absolute atomic E-state index is 14.0. The van der Waals surface area contributed by atoms with Gasteiger partial charge in [-0.2, -0.15) is 0 Å². The Bertz CT molecular complexity index is 1170. The van der Waals surface area contributed by atoms with E-state index >= 15 is 0 Å². The van der Waals surface area contributed by atoms with Crippen LogP contribution in [0.15, 0.2) is 42.5 Å². The molecule has 1 unspecified atom stereocenters. The zero-order valence-electron chi connectivity index (χ0n) is 22.0. The normalized spacial score (nSPS) is 19.8. The number of hydrogen-bond donors (Lipinski definition) is 3. The van der Waals surface area contributed by atoms with Crippen LogP contribution in [0.3, 0.4) is 0 Å². The topological polar surface area (TPSA) is 108 Å². The van der Waals surface area contributed by atoms with Crippen LogP contribution in [0.1, 0.15) is 61.9 Å². The number of phenols is 1. The quantitative estimate of drug-likeness (QED) is 0.557. The van der Waals surface area contributed by atoms with Crippen molar-refractivity contribution in [3.63, 3.8) is 0 Å². The Morgan fingerprint density at radius 1 is 1.11 bits per heavy atom. The maximum Gasteiger partial charge on any atom is 0.246 e. The number of nitrogens with one attached hydrogen (secondary N) is 2. The van der Waals surface area contributed by atoms with Gasteiger partial charge >= 0.3 is 0 Å². The third-order valence-electron chi connectivity index (χ3n) is 7.29. The Labute approximate surface area is 218 Å². The molecule has 0 fully saturated rings. The average molecular weight is 508 g/mol. The molecule has 3 atom stereocenters. The van der Waals surface area contributed by atoms with E-state index in [0.29, 0.717) is 6.42 Å². The van der Waals surface area contributed by atoms with Crippen LogP contribution in [-0.4, -0.2) is 53.5 Å². The second-order valence-electron chi connectivity index (χ2n) is 11.1. The summed E-state index contributed by atoms with van der Waals surface area (Å²) in [5.41, 5.74) is 3.46. The number of carbonyl (C=O) groups is 3. The van der Waals surface area contributed by atoms with Gasteiger partial charge in [0.15, 0.2) is 0 Å². The summed E-state index contributed by atoms with van der Waals surface area (Å²) in [5.74, 6) is -0.848. The molecule has 4 rings (SSSR count). The Morgan fingerprint density at radius 2 is 1.86 bits per heavy atom. The lowest BCUT2D eigenvalue weighted by atomic mass is 9.84. The number of methoxy groups -OCH3 is 1. The molecule has 1 heterocycles. The van der Waals surface area contributed by atoms with Crippen molar-refractivity contribution in [1.82, 2.24) is 15.5 Å². The fraction of sp³-hybridized carbons (Fsp3) is 0.483. The molecule has 0 saturated heterocycles. The largest absolute Gasteiger partial charge is 0.508 e. The summed E-state index contributed by atoms with van der Waals surface area (Å²) in [4.78, 5) is 41.8. The molecule has 3 amide bonds. The Balaban J connectivity index is 1.65. The van der Waals surface area contributed by atoms with Gasteiger partial charge in [0.05, 0.1) is 6.04 Å². The van der Waals surface area contributed by atoms with Crippen molar-refractivity contribution in [2.45, 2.75) is 71.1 Å². The lowest BCUT2D eigenvalue weighted by Crippen LogP contribution is -2.61. The van der Waals surface area contributed by atoms with Gasteiger partial charge in [0.2, 0.25) is 17.7 Å². The summed E-state index contributed by atoms with van der Waals surface area (Å²) < 4.78 is 4.95. The van der Waals surface area contributed by atoms with E-state index in [1.165, 1.54) is 12.7 Å². The van der Waals surface area contributed by atoms with Crippen LogP contribution in [0.4, 0.5) is 0 Å². The van der Waals surface area contributed by atoms with Gasteiger partial charge in [-0.25, -0.2) is 0 Å². The van der Waals surface area contributed by atoms with Crippen LogP contribution < -0.4 is 10.6 Å². The van der Waals surface area contributed by atoms with Gasteiger partial charge in [-0.1, -0.05) is 51.1 Å². The minimum atomic E-state index is -0.861. The van der Waals surface area contributed by atoms with E-state index in [4.69, 9.17) is 4.74 Å². The minimum Gasteiger partial charge on any atom is -0.508 e. The Hall–Kier alpha value is -3.39. The molecule has 0 radical (unpaired) electrons. The first-order valence-electron chi connectivity index (χ1n) is 12.9. The number of aromatic hydroxyl groups is 1. The van der Waals surface area contributed by atoms with Crippen LogP contribution in [0.25, 0.3) is 0 Å². The van der Waals surface area contributed by atoms with Crippen LogP contribution in [0.5, 0.6) is 5.75 Å². The number of phenolic OH excluding ortho intramolecular Hbond substituents is 1. The summed E-state index contributed by atoms with van der Waals surface area (Å²) in [5, 5.41) is 16.1. The highest BCUT2D eigenvalue weighted by molar-refractivity contribution is 5.93. The van der Waals surface area contributed by atoms with Crippen LogP contribution in [0.2, 0.25) is 0 Å². The number of aryl methyl sites for hydroxylation is 1. The highest BCUT2D eigenvalue weighted by Crippen LogP contribution is 2.32. The molecule has 0 spiro atoms. The molecular formula is C29H37N3O5. The molecule has 2 aromatic rings. The van der Waals surface area contributed by atoms with Gasteiger partial charge in [-0.3, -0.25) is 14.4 Å². The first kappa shape index (κ1) is 26.7. The minimum absolute atomic E-state index is 0.105. The SMILES string of the molecule is COCC(=O)N[C@H](C(=O)N1Cc2cc(O)ccc2C[C@H]1C(=O)NC1CCCc2ccccc21)C(C)(C)C. The lowest BCUT2D eigenvalue weighted by molar-refractivity contribution is -0.147. The molecule has 8 nitrogen and oxygen atoms in total. The molecule has 0 bridgehead atoms. The highest BCUT2D eigenvalue weighted by Gasteiger charge is 2.42. The van der Waals surface area contributed by atoms with Crippen molar-refractivity contribution >= 4 is 17.7 Å². The fourth-order valence-electron chi connectivity index (χ4n) is 5.36. The molecule has 3 N–H and O–H groups in total. The van der Waals surface area contributed by atoms with Gasteiger partial charge in [0.25, 0.3) is 0 Å². The number of carbonyl (C=O) groups excluding carboxylic acids is 3. The van der Waals surface area contributed by atoms with Gasteiger partial charge in [0, 0.05) is 20.1 Å². The predicted octanol–water partition coefficient (Wildman–Crippen LogP) is 3.02. The molecule has 2 aromatic carbocycles. The molecule has 2 aliphatic rings. The number of fused-ring (bicyclic) bond motifs is 2. The Kier molecular flexibility index (Phi) is 7.87. The van der Waals surface area contributed by atoms with Crippen molar-refractivity contribution in [1.29, 1.82) is 0 Å². The number of hydrogen-bond acceptors (Lipinski definition) is 5. The second kappa shape index (κ2) is 10.9.